The molecule has 2 aliphatic heterocycles. The molecule has 0 saturated carbocycles. The zero-order chi connectivity index (χ0) is 23.4. The average Bonchev–Trinajstić information content (AvgIpc) is 3.12. The molecule has 2 heterocycles. The number of carbonyl (C=O) groups excluding carboxylic acids is 3. The van der Waals surface area contributed by atoms with Gasteiger partial charge in [0.1, 0.15) is 6.04 Å². The first-order chi connectivity index (χ1) is 15.3. The average molecular weight is 451 g/mol. The maximum atomic E-state index is 15.5. The molecule has 9 nitrogen and oxygen atoms in total. The Bertz CT molecular complexity index is 867. The van der Waals surface area contributed by atoms with E-state index in [-0.39, 0.29) is 42.7 Å². The third-order valence-corrected chi connectivity index (χ3v) is 6.33. The third-order valence-electron chi connectivity index (χ3n) is 6.33. The van der Waals surface area contributed by atoms with Gasteiger partial charge in [-0.05, 0) is 31.4 Å². The number of piperidine rings is 1. The summed E-state index contributed by atoms with van der Waals surface area (Å²) < 4.78 is 30.8. The van der Waals surface area contributed by atoms with Gasteiger partial charge in [-0.1, -0.05) is 0 Å². The predicted octanol–water partition coefficient (Wildman–Crippen LogP) is 1.42. The van der Waals surface area contributed by atoms with Crippen molar-refractivity contribution in [3.63, 3.8) is 0 Å². The first-order valence-electron chi connectivity index (χ1n) is 10.6. The van der Waals surface area contributed by atoms with E-state index in [2.05, 4.69) is 4.74 Å². The number of ether oxygens (including phenoxy) is 3. The van der Waals surface area contributed by atoms with Crippen LogP contribution >= 0.6 is 0 Å². The Kier molecular flexibility index (Phi) is 7.68. The number of benzene rings is 1. The highest BCUT2D eigenvalue weighted by molar-refractivity contribution is 6.01. The van der Waals surface area contributed by atoms with Crippen molar-refractivity contribution < 1.29 is 33.0 Å². The fourth-order valence-corrected chi connectivity index (χ4v) is 4.56. The van der Waals surface area contributed by atoms with Gasteiger partial charge in [0.2, 0.25) is 5.91 Å². The molecule has 2 amide bonds. The monoisotopic (exact) mass is 451 g/mol. The summed E-state index contributed by atoms with van der Waals surface area (Å²) in [5.41, 5.74) is 6.36. The molecule has 0 bridgehead atoms. The van der Waals surface area contributed by atoms with E-state index in [9.17, 15) is 14.4 Å². The summed E-state index contributed by atoms with van der Waals surface area (Å²) in [5, 5.41) is 0. The number of rotatable bonds is 9. The molecular formula is C22H30FN3O6. The maximum Gasteiger partial charge on any atom is 0.305 e. The third kappa shape index (κ3) is 4.71. The minimum Gasteiger partial charge on any atom is -0.469 e. The van der Waals surface area contributed by atoms with Gasteiger partial charge in [-0.2, -0.15) is 0 Å². The molecule has 0 radical (unpaired) electrons. The Morgan fingerprint density at radius 2 is 1.84 bits per heavy atom. The predicted molar refractivity (Wildman–Crippen MR) is 113 cm³/mol. The van der Waals surface area contributed by atoms with Gasteiger partial charge in [-0.3, -0.25) is 14.4 Å². The summed E-state index contributed by atoms with van der Waals surface area (Å²) in [4.78, 5) is 39.5. The van der Waals surface area contributed by atoms with E-state index in [1.165, 1.54) is 12.0 Å². The summed E-state index contributed by atoms with van der Waals surface area (Å²) in [6.07, 6.45) is 1.22. The van der Waals surface area contributed by atoms with Gasteiger partial charge in [0.05, 0.1) is 19.3 Å². The fraction of sp³-hybridized carbons (Fsp3) is 0.591. The summed E-state index contributed by atoms with van der Waals surface area (Å²) >= 11 is 0. The summed E-state index contributed by atoms with van der Waals surface area (Å²) in [5.74, 6) is -1.98. The van der Waals surface area contributed by atoms with Gasteiger partial charge in [-0.15, -0.1) is 0 Å². The van der Waals surface area contributed by atoms with E-state index >= 15 is 4.39 Å². The van der Waals surface area contributed by atoms with E-state index in [0.717, 1.165) is 12.8 Å². The molecule has 32 heavy (non-hydrogen) atoms. The zero-order valence-corrected chi connectivity index (χ0v) is 18.6. The van der Waals surface area contributed by atoms with E-state index in [1.807, 2.05) is 4.90 Å². The molecule has 0 unspecified atom stereocenters. The topological polar surface area (TPSA) is 111 Å². The van der Waals surface area contributed by atoms with Crippen molar-refractivity contribution in [1.29, 1.82) is 0 Å². The van der Waals surface area contributed by atoms with Crippen molar-refractivity contribution in [2.75, 3.05) is 39.3 Å². The van der Waals surface area contributed by atoms with Crippen LogP contribution < -0.4 is 10.6 Å². The van der Waals surface area contributed by atoms with Crippen LogP contribution in [-0.4, -0.2) is 69.4 Å². The number of nitrogens with zero attached hydrogens (tertiary/aromatic N) is 2. The lowest BCUT2D eigenvalue weighted by Gasteiger charge is -2.36. The van der Waals surface area contributed by atoms with Crippen LogP contribution in [0.5, 0.6) is 0 Å². The lowest BCUT2D eigenvalue weighted by molar-refractivity contribution is -0.141. The quantitative estimate of drug-likeness (QED) is 0.446. The van der Waals surface area contributed by atoms with Crippen molar-refractivity contribution in [3.05, 3.63) is 29.1 Å². The van der Waals surface area contributed by atoms with Gasteiger partial charge in [0.25, 0.3) is 5.91 Å². The van der Waals surface area contributed by atoms with E-state index in [1.54, 1.807) is 26.4 Å². The lowest BCUT2D eigenvalue weighted by Crippen LogP contribution is -2.45. The molecular weight excluding hydrogens is 421 g/mol. The number of halogens is 1. The van der Waals surface area contributed by atoms with Crippen molar-refractivity contribution in [2.45, 2.75) is 44.6 Å². The van der Waals surface area contributed by atoms with Crippen molar-refractivity contribution in [3.8, 4) is 0 Å². The van der Waals surface area contributed by atoms with Crippen LogP contribution in [-0.2, 0) is 30.3 Å². The summed E-state index contributed by atoms with van der Waals surface area (Å²) in [6.45, 7) is 1.18. The number of fused-ring (bicyclic) bond motifs is 1. The van der Waals surface area contributed by atoms with Crippen LogP contribution in [0.2, 0.25) is 0 Å². The number of nitrogens with two attached hydrogens (primary N) is 1. The summed E-state index contributed by atoms with van der Waals surface area (Å²) in [7, 11) is 4.45. The van der Waals surface area contributed by atoms with Gasteiger partial charge in [-0.25, -0.2) is 4.39 Å². The minimum absolute atomic E-state index is 0.0177. The van der Waals surface area contributed by atoms with Gasteiger partial charge >= 0.3 is 5.97 Å². The zero-order valence-electron chi connectivity index (χ0n) is 18.6. The number of amides is 2. The smallest absolute Gasteiger partial charge is 0.305 e. The molecule has 176 valence electrons. The second-order valence-corrected chi connectivity index (χ2v) is 8.06. The number of hydrogen-bond acceptors (Lipinski definition) is 7. The molecule has 0 aliphatic carbocycles. The normalized spacial score (nSPS) is 17.6. The molecule has 0 spiro atoms. The molecule has 1 fully saturated rings. The Balaban J connectivity index is 1.75. The molecule has 10 heteroatoms. The summed E-state index contributed by atoms with van der Waals surface area (Å²) in [6, 6.07) is 2.18. The van der Waals surface area contributed by atoms with Crippen LogP contribution in [0.15, 0.2) is 12.1 Å². The first kappa shape index (κ1) is 23.9. The number of methoxy groups -OCH3 is 3. The highest BCUT2D eigenvalue weighted by atomic mass is 19.1. The molecule has 1 saturated heterocycles. The fourth-order valence-electron chi connectivity index (χ4n) is 4.56. The largest absolute Gasteiger partial charge is 0.469 e. The van der Waals surface area contributed by atoms with E-state index in [4.69, 9.17) is 15.2 Å². The Morgan fingerprint density at radius 1 is 1.19 bits per heavy atom. The van der Waals surface area contributed by atoms with Crippen LogP contribution in [0.1, 0.15) is 41.6 Å². The molecule has 1 aromatic carbocycles. The molecule has 1 aromatic rings. The van der Waals surface area contributed by atoms with Crippen LogP contribution in [0.4, 0.5) is 10.1 Å². The molecule has 2 aliphatic rings. The number of anilines is 1. The van der Waals surface area contributed by atoms with E-state index < -0.39 is 29.6 Å². The van der Waals surface area contributed by atoms with Crippen LogP contribution in [0.25, 0.3) is 0 Å². The lowest BCUT2D eigenvalue weighted by atomic mass is 9.95. The molecule has 1 atom stereocenters. The second kappa shape index (κ2) is 10.3. The number of esters is 1. The number of hydrogen-bond donors (Lipinski definition) is 1. The molecule has 0 aromatic heterocycles. The Morgan fingerprint density at radius 3 is 2.41 bits per heavy atom. The van der Waals surface area contributed by atoms with Gasteiger partial charge in [0.15, 0.2) is 12.1 Å². The molecule has 3 rings (SSSR count). The minimum atomic E-state index is -1.02. The Hall–Kier alpha value is -2.72. The van der Waals surface area contributed by atoms with Gasteiger partial charge < -0.3 is 29.7 Å². The van der Waals surface area contributed by atoms with E-state index in [0.29, 0.717) is 18.8 Å². The van der Waals surface area contributed by atoms with Crippen molar-refractivity contribution in [2.24, 2.45) is 11.7 Å². The SMILES string of the molecule is COC(=O)CC[C@@H](C(N)=O)N1Cc2c(ccc(N3CCC(C(OC)OC)CC3)c2F)C1=O. The Labute approximate surface area is 186 Å². The maximum absolute atomic E-state index is 15.5. The van der Waals surface area contributed by atoms with Crippen LogP contribution in [0.3, 0.4) is 0 Å². The standard InChI is InChI=1S/C22H30FN3O6/c1-30-18(27)7-6-17(20(24)28)26-12-15-14(21(26)29)4-5-16(19(15)23)25-10-8-13(9-11-25)22(31-2)32-3/h4-5,13,17,22H,6-12H2,1-3H3,(H2,24,28)/t17-/m0/s1. The van der Waals surface area contributed by atoms with Gasteiger partial charge in [0, 0.05) is 50.8 Å². The second-order valence-electron chi connectivity index (χ2n) is 8.06. The van der Waals surface area contributed by atoms with Crippen LogP contribution in [0, 0.1) is 11.7 Å². The number of primary amides is 1. The first-order valence-corrected chi connectivity index (χ1v) is 10.6. The number of carbonyl (C=O) groups is 3. The van der Waals surface area contributed by atoms with Crippen molar-refractivity contribution >= 4 is 23.5 Å². The highest BCUT2D eigenvalue weighted by Crippen LogP contribution is 2.35. The van der Waals surface area contributed by atoms with Crippen molar-refractivity contribution in [1.82, 2.24) is 4.90 Å². The highest BCUT2D eigenvalue weighted by Gasteiger charge is 2.38. The molecule has 2 N–H and O–H groups in total.